The highest BCUT2D eigenvalue weighted by Crippen LogP contribution is 2.34. The van der Waals surface area contributed by atoms with Crippen LogP contribution in [0.1, 0.15) is 11.1 Å². The van der Waals surface area contributed by atoms with Crippen LogP contribution in [-0.2, 0) is 0 Å². The van der Waals surface area contributed by atoms with Crippen molar-refractivity contribution in [2.24, 2.45) is 4.99 Å². The summed E-state index contributed by atoms with van der Waals surface area (Å²) in [6.07, 6.45) is 0. The van der Waals surface area contributed by atoms with Gasteiger partial charge in [0.15, 0.2) is 0 Å². The number of aryl methyl sites for hydroxylation is 1. The van der Waals surface area contributed by atoms with Crippen LogP contribution in [0.25, 0.3) is 11.1 Å². The Kier molecular flexibility index (Phi) is 3.83. The van der Waals surface area contributed by atoms with E-state index in [1.807, 2.05) is 12.1 Å². The van der Waals surface area contributed by atoms with Gasteiger partial charge >= 0.3 is 0 Å². The third-order valence-electron chi connectivity index (χ3n) is 4.14. The second-order valence-electron chi connectivity index (χ2n) is 5.90. The summed E-state index contributed by atoms with van der Waals surface area (Å²) >= 11 is 5.99. The smallest absolute Gasteiger partial charge is 0.146 e. The summed E-state index contributed by atoms with van der Waals surface area (Å²) in [7, 11) is 0. The highest BCUT2D eigenvalue weighted by molar-refractivity contribution is 6.30. The van der Waals surface area contributed by atoms with Gasteiger partial charge in [-0.15, -0.1) is 0 Å². The lowest BCUT2D eigenvalue weighted by atomic mass is 10.0. The van der Waals surface area contributed by atoms with Gasteiger partial charge in [-0.2, -0.15) is 0 Å². The van der Waals surface area contributed by atoms with E-state index in [-0.39, 0.29) is 0 Å². The predicted octanol–water partition coefficient (Wildman–Crippen LogP) is 5.83. The van der Waals surface area contributed by atoms with E-state index in [9.17, 15) is 0 Å². The van der Waals surface area contributed by atoms with Gasteiger partial charge in [0.2, 0.25) is 0 Å². The maximum Gasteiger partial charge on any atom is 0.146 e. The molecule has 3 aromatic rings. The van der Waals surface area contributed by atoms with Crippen molar-refractivity contribution in [2.75, 3.05) is 6.61 Å². The second kappa shape index (κ2) is 6.14. The molecule has 4 rings (SSSR count). The SMILES string of the molecule is Cc1ccc(-c2ccc(C3=Nc4ccc(Cl)cc4OC3)cc2)cc1. The Hall–Kier alpha value is -2.58. The molecule has 0 atom stereocenters. The quantitative estimate of drug-likeness (QED) is 0.578. The van der Waals surface area contributed by atoms with Crippen molar-refractivity contribution in [2.45, 2.75) is 6.92 Å². The Morgan fingerprint density at radius 1 is 0.833 bits per heavy atom. The van der Waals surface area contributed by atoms with Gasteiger partial charge in [0.1, 0.15) is 18.0 Å². The molecule has 0 bridgehead atoms. The molecule has 0 unspecified atom stereocenters. The van der Waals surface area contributed by atoms with Crippen LogP contribution in [0, 0.1) is 6.92 Å². The molecule has 0 N–H and O–H groups in total. The Balaban J connectivity index is 1.63. The lowest BCUT2D eigenvalue weighted by Gasteiger charge is -2.17. The zero-order valence-electron chi connectivity index (χ0n) is 13.3. The molecule has 24 heavy (non-hydrogen) atoms. The standard InChI is InChI=1S/C21H16ClNO/c1-14-2-4-15(5-3-14)16-6-8-17(9-7-16)20-13-24-21-12-18(22)10-11-19(21)23-20/h2-12H,13H2,1H3. The van der Waals surface area contributed by atoms with E-state index in [0.717, 1.165) is 22.7 Å². The van der Waals surface area contributed by atoms with Gasteiger partial charge in [-0.1, -0.05) is 65.7 Å². The van der Waals surface area contributed by atoms with Crippen molar-refractivity contribution in [3.63, 3.8) is 0 Å². The van der Waals surface area contributed by atoms with E-state index >= 15 is 0 Å². The maximum atomic E-state index is 5.99. The predicted molar refractivity (Wildman–Crippen MR) is 99.8 cm³/mol. The first-order valence-corrected chi connectivity index (χ1v) is 8.24. The molecule has 0 aromatic heterocycles. The van der Waals surface area contributed by atoms with Crippen LogP contribution in [0.15, 0.2) is 71.7 Å². The molecule has 3 heteroatoms. The molecule has 0 fully saturated rings. The van der Waals surface area contributed by atoms with Crippen LogP contribution in [0.4, 0.5) is 5.69 Å². The van der Waals surface area contributed by atoms with Crippen LogP contribution in [0.5, 0.6) is 5.75 Å². The van der Waals surface area contributed by atoms with Gasteiger partial charge in [-0.25, -0.2) is 4.99 Å². The first kappa shape index (κ1) is 15.0. The van der Waals surface area contributed by atoms with Gasteiger partial charge in [0.05, 0.1) is 5.71 Å². The summed E-state index contributed by atoms with van der Waals surface area (Å²) in [5.41, 5.74) is 6.51. The van der Waals surface area contributed by atoms with E-state index in [2.05, 4.69) is 55.5 Å². The molecule has 1 heterocycles. The molecule has 0 saturated carbocycles. The van der Waals surface area contributed by atoms with Crippen molar-refractivity contribution in [1.29, 1.82) is 0 Å². The van der Waals surface area contributed by atoms with Crippen molar-refractivity contribution in [3.8, 4) is 16.9 Å². The Labute approximate surface area is 146 Å². The molecule has 118 valence electrons. The molecule has 0 spiro atoms. The first-order valence-electron chi connectivity index (χ1n) is 7.86. The minimum absolute atomic E-state index is 0.456. The Morgan fingerprint density at radius 3 is 2.17 bits per heavy atom. The van der Waals surface area contributed by atoms with Crippen LogP contribution in [0.2, 0.25) is 5.02 Å². The number of halogens is 1. The second-order valence-corrected chi connectivity index (χ2v) is 6.34. The summed E-state index contributed by atoms with van der Waals surface area (Å²) in [6, 6.07) is 22.5. The Bertz CT molecular complexity index is 912. The number of nitrogens with zero attached hydrogens (tertiary/aromatic N) is 1. The van der Waals surface area contributed by atoms with Gasteiger partial charge < -0.3 is 4.74 Å². The molecule has 1 aliphatic heterocycles. The topological polar surface area (TPSA) is 21.6 Å². The van der Waals surface area contributed by atoms with Crippen LogP contribution >= 0.6 is 11.6 Å². The highest BCUT2D eigenvalue weighted by atomic mass is 35.5. The van der Waals surface area contributed by atoms with E-state index in [1.165, 1.54) is 16.7 Å². The minimum atomic E-state index is 0.456. The number of benzene rings is 3. The monoisotopic (exact) mass is 333 g/mol. The summed E-state index contributed by atoms with van der Waals surface area (Å²) in [5, 5.41) is 0.662. The molecule has 0 saturated heterocycles. The van der Waals surface area contributed by atoms with Crippen LogP contribution < -0.4 is 4.74 Å². The van der Waals surface area contributed by atoms with Crippen LogP contribution in [0.3, 0.4) is 0 Å². The number of fused-ring (bicyclic) bond motifs is 1. The summed E-state index contributed by atoms with van der Waals surface area (Å²) < 4.78 is 5.78. The molecular formula is C21H16ClNO. The molecule has 2 nitrogen and oxygen atoms in total. The van der Waals surface area contributed by atoms with E-state index < -0.39 is 0 Å². The summed E-state index contributed by atoms with van der Waals surface area (Å²) in [5.74, 6) is 0.738. The first-order chi connectivity index (χ1) is 11.7. The molecular weight excluding hydrogens is 318 g/mol. The number of hydrogen-bond donors (Lipinski definition) is 0. The van der Waals surface area contributed by atoms with Crippen molar-refractivity contribution < 1.29 is 4.74 Å². The average Bonchev–Trinajstić information content (AvgIpc) is 2.62. The molecule has 0 aliphatic carbocycles. The largest absolute Gasteiger partial charge is 0.485 e. The average molecular weight is 334 g/mol. The summed E-state index contributed by atoms with van der Waals surface area (Å²) in [6.45, 7) is 2.55. The minimum Gasteiger partial charge on any atom is -0.485 e. The van der Waals surface area contributed by atoms with Gasteiger partial charge in [-0.3, -0.25) is 0 Å². The molecule has 0 amide bonds. The van der Waals surface area contributed by atoms with Gasteiger partial charge in [-0.05, 0) is 35.7 Å². The molecule has 3 aromatic carbocycles. The zero-order chi connectivity index (χ0) is 16.5. The number of rotatable bonds is 2. The third kappa shape index (κ3) is 2.93. The number of aliphatic imine (C=N–C) groups is 1. The number of hydrogen-bond acceptors (Lipinski definition) is 2. The fourth-order valence-corrected chi connectivity index (χ4v) is 2.93. The highest BCUT2D eigenvalue weighted by Gasteiger charge is 2.15. The summed E-state index contributed by atoms with van der Waals surface area (Å²) in [4.78, 5) is 4.70. The van der Waals surface area contributed by atoms with E-state index in [1.54, 1.807) is 6.07 Å². The zero-order valence-corrected chi connectivity index (χ0v) is 14.0. The Morgan fingerprint density at radius 2 is 1.46 bits per heavy atom. The normalized spacial score (nSPS) is 13.0. The van der Waals surface area contributed by atoms with Crippen molar-refractivity contribution in [3.05, 3.63) is 82.9 Å². The van der Waals surface area contributed by atoms with E-state index in [0.29, 0.717) is 11.6 Å². The fraction of sp³-hybridized carbons (Fsp3) is 0.0952. The van der Waals surface area contributed by atoms with E-state index in [4.69, 9.17) is 21.3 Å². The lowest BCUT2D eigenvalue weighted by Crippen LogP contribution is -2.16. The maximum absolute atomic E-state index is 5.99. The number of ether oxygens (including phenoxy) is 1. The molecule has 1 aliphatic rings. The van der Waals surface area contributed by atoms with Crippen molar-refractivity contribution >= 4 is 23.0 Å². The third-order valence-corrected chi connectivity index (χ3v) is 4.38. The van der Waals surface area contributed by atoms with Gasteiger partial charge in [0.25, 0.3) is 0 Å². The van der Waals surface area contributed by atoms with Crippen LogP contribution in [-0.4, -0.2) is 12.3 Å². The fourth-order valence-electron chi connectivity index (χ4n) is 2.77. The molecule has 0 radical (unpaired) electrons. The van der Waals surface area contributed by atoms with Crippen molar-refractivity contribution in [1.82, 2.24) is 0 Å². The lowest BCUT2D eigenvalue weighted by molar-refractivity contribution is 0.373. The van der Waals surface area contributed by atoms with Gasteiger partial charge in [0, 0.05) is 11.1 Å².